The third kappa shape index (κ3) is 6.53. The Labute approximate surface area is 184 Å². The normalized spacial score (nSPS) is 13.9. The molecule has 0 spiro atoms. The largest absolute Gasteiger partial charge is 0.480 e. The van der Waals surface area contributed by atoms with Crippen molar-refractivity contribution in [3.8, 4) is 0 Å². The van der Waals surface area contributed by atoms with Gasteiger partial charge in [-0.15, -0.1) is 0 Å². The number of hydrogen-bond donors (Lipinski definition) is 7. The lowest BCUT2D eigenvalue weighted by molar-refractivity contribution is -0.139. The molecule has 1 aromatic carbocycles. The number of carboxylic acids is 1. The van der Waals surface area contributed by atoms with E-state index < -0.39 is 55.0 Å². The van der Waals surface area contributed by atoms with Crippen LogP contribution in [0.25, 0.3) is 10.9 Å². The van der Waals surface area contributed by atoms with Crippen LogP contribution in [-0.2, 0) is 25.6 Å². The Kier molecular flexibility index (Phi) is 8.73. The van der Waals surface area contributed by atoms with Crippen LogP contribution in [0.5, 0.6) is 0 Å². The van der Waals surface area contributed by atoms with Gasteiger partial charge in [0.25, 0.3) is 0 Å². The maximum atomic E-state index is 13.1. The lowest BCUT2D eigenvalue weighted by atomic mass is 10.0. The first kappa shape index (κ1) is 24.8. The van der Waals surface area contributed by atoms with Gasteiger partial charge >= 0.3 is 5.97 Å². The molecule has 2 aromatic rings. The number of benzene rings is 1. The molecule has 11 heteroatoms. The number of aliphatic carboxylic acids is 1. The zero-order chi connectivity index (χ0) is 23.8. The lowest BCUT2D eigenvalue weighted by Gasteiger charge is -2.25. The summed E-state index contributed by atoms with van der Waals surface area (Å²) in [6.07, 6.45) is 1.82. The highest BCUT2D eigenvalue weighted by atomic mass is 16.4. The van der Waals surface area contributed by atoms with E-state index in [9.17, 15) is 19.2 Å². The van der Waals surface area contributed by atoms with E-state index in [1.54, 1.807) is 20.0 Å². The van der Waals surface area contributed by atoms with Gasteiger partial charge in [0, 0.05) is 23.5 Å². The highest BCUT2D eigenvalue weighted by Crippen LogP contribution is 2.19. The van der Waals surface area contributed by atoms with Crippen LogP contribution in [0.15, 0.2) is 30.5 Å². The van der Waals surface area contributed by atoms with Gasteiger partial charge in [-0.1, -0.05) is 32.0 Å². The number of para-hydroxylation sites is 1. The molecule has 0 fully saturated rings. The van der Waals surface area contributed by atoms with Gasteiger partial charge in [0.2, 0.25) is 17.7 Å². The van der Waals surface area contributed by atoms with Gasteiger partial charge in [0.15, 0.2) is 0 Å². The molecule has 8 N–H and O–H groups in total. The number of H-pyrrole nitrogens is 1. The maximum absolute atomic E-state index is 13.1. The molecule has 3 amide bonds. The van der Waals surface area contributed by atoms with E-state index in [1.165, 1.54) is 0 Å². The van der Waals surface area contributed by atoms with Crippen molar-refractivity contribution in [2.45, 2.75) is 38.4 Å². The second-order valence-corrected chi connectivity index (χ2v) is 7.76. The van der Waals surface area contributed by atoms with E-state index in [2.05, 4.69) is 20.9 Å². The second-order valence-electron chi connectivity index (χ2n) is 7.76. The molecule has 0 aliphatic heterocycles. The van der Waals surface area contributed by atoms with E-state index in [-0.39, 0.29) is 12.3 Å². The Morgan fingerprint density at radius 1 is 1.06 bits per heavy atom. The number of aliphatic hydroxyl groups excluding tert-OH is 1. The first-order chi connectivity index (χ1) is 15.1. The quantitative estimate of drug-likeness (QED) is 0.227. The second kappa shape index (κ2) is 11.3. The number of carboxylic acid groups (broad SMARTS) is 1. The van der Waals surface area contributed by atoms with Crippen molar-refractivity contribution < 1.29 is 29.4 Å². The van der Waals surface area contributed by atoms with Gasteiger partial charge in [0.05, 0.1) is 6.61 Å². The van der Waals surface area contributed by atoms with Crippen molar-refractivity contribution >= 4 is 34.6 Å². The molecule has 0 saturated heterocycles. The number of aromatic amines is 1. The number of aromatic nitrogens is 1. The summed E-state index contributed by atoms with van der Waals surface area (Å²) in [7, 11) is 0. The molecule has 0 saturated carbocycles. The van der Waals surface area contributed by atoms with Crippen molar-refractivity contribution in [3.05, 3.63) is 36.0 Å². The number of amides is 3. The third-order valence-corrected chi connectivity index (χ3v) is 4.93. The third-order valence-electron chi connectivity index (χ3n) is 4.93. The average molecular weight is 447 g/mol. The Hall–Kier alpha value is -3.44. The Morgan fingerprint density at radius 3 is 2.38 bits per heavy atom. The van der Waals surface area contributed by atoms with E-state index >= 15 is 0 Å². The van der Waals surface area contributed by atoms with Crippen molar-refractivity contribution in [3.63, 3.8) is 0 Å². The Morgan fingerprint density at radius 2 is 1.75 bits per heavy atom. The SMILES string of the molecule is CC(C)C(NC(=O)C(Cc1c[nH]c2ccccc12)NC(=O)C(N)CO)C(=O)NCC(=O)O. The van der Waals surface area contributed by atoms with E-state index in [4.69, 9.17) is 15.9 Å². The van der Waals surface area contributed by atoms with Crippen LogP contribution in [0, 0.1) is 5.92 Å². The number of aliphatic hydroxyl groups is 1. The lowest BCUT2D eigenvalue weighted by Crippen LogP contribution is -2.58. The van der Waals surface area contributed by atoms with Gasteiger partial charge in [-0.05, 0) is 17.5 Å². The Balaban J connectivity index is 2.24. The van der Waals surface area contributed by atoms with Gasteiger partial charge in [-0.25, -0.2) is 0 Å². The standard InChI is InChI=1S/C21H29N5O6/c1-11(2)18(21(32)24-9-17(28)29)26-20(31)16(25-19(30)14(22)10-27)7-12-8-23-15-6-4-3-5-13(12)15/h3-6,8,11,14,16,18,23,27H,7,9-10,22H2,1-2H3,(H,24,32)(H,25,30)(H,26,31)(H,28,29). The molecular weight excluding hydrogens is 418 g/mol. The van der Waals surface area contributed by atoms with Crippen LogP contribution >= 0.6 is 0 Å². The molecule has 11 nitrogen and oxygen atoms in total. The van der Waals surface area contributed by atoms with E-state index in [0.717, 1.165) is 16.5 Å². The van der Waals surface area contributed by atoms with Crippen LogP contribution in [0.4, 0.5) is 0 Å². The van der Waals surface area contributed by atoms with Crippen LogP contribution in [0.3, 0.4) is 0 Å². The minimum absolute atomic E-state index is 0.0985. The zero-order valence-corrected chi connectivity index (χ0v) is 17.9. The van der Waals surface area contributed by atoms with Gasteiger partial charge in [-0.3, -0.25) is 19.2 Å². The summed E-state index contributed by atoms with van der Waals surface area (Å²) in [5, 5.41) is 26.2. The number of hydrogen-bond acceptors (Lipinski definition) is 6. The summed E-state index contributed by atoms with van der Waals surface area (Å²) in [5.41, 5.74) is 7.19. The smallest absolute Gasteiger partial charge is 0.322 e. The number of carbonyl (C=O) groups is 4. The average Bonchev–Trinajstić information content (AvgIpc) is 3.17. The molecule has 3 atom stereocenters. The molecule has 0 aliphatic rings. The molecule has 2 rings (SSSR count). The minimum Gasteiger partial charge on any atom is -0.480 e. The maximum Gasteiger partial charge on any atom is 0.322 e. The first-order valence-corrected chi connectivity index (χ1v) is 10.2. The Bertz CT molecular complexity index is 972. The van der Waals surface area contributed by atoms with E-state index in [0.29, 0.717) is 0 Å². The van der Waals surface area contributed by atoms with Crippen molar-refractivity contribution in [2.75, 3.05) is 13.2 Å². The predicted octanol–water partition coefficient (Wildman–Crippen LogP) is -1.14. The van der Waals surface area contributed by atoms with Crippen molar-refractivity contribution in [2.24, 2.45) is 11.7 Å². The number of rotatable bonds is 11. The van der Waals surface area contributed by atoms with Gasteiger partial charge in [0.1, 0.15) is 24.7 Å². The van der Waals surface area contributed by atoms with Crippen LogP contribution in [0.1, 0.15) is 19.4 Å². The highest BCUT2D eigenvalue weighted by Gasteiger charge is 2.30. The molecule has 3 unspecified atom stereocenters. The number of nitrogens with one attached hydrogen (secondary N) is 4. The molecule has 174 valence electrons. The number of carbonyl (C=O) groups excluding carboxylic acids is 3. The topological polar surface area (TPSA) is 187 Å². The predicted molar refractivity (Wildman–Crippen MR) is 116 cm³/mol. The fraction of sp³-hybridized carbons (Fsp3) is 0.429. The monoisotopic (exact) mass is 447 g/mol. The summed E-state index contributed by atoms with van der Waals surface area (Å²) in [6, 6.07) is 4.12. The fourth-order valence-corrected chi connectivity index (χ4v) is 3.15. The van der Waals surface area contributed by atoms with Crippen molar-refractivity contribution in [1.29, 1.82) is 0 Å². The zero-order valence-electron chi connectivity index (χ0n) is 17.9. The summed E-state index contributed by atoms with van der Waals surface area (Å²) < 4.78 is 0. The number of fused-ring (bicyclic) bond motifs is 1. The van der Waals surface area contributed by atoms with Crippen LogP contribution in [-0.4, -0.2) is 70.2 Å². The molecule has 1 heterocycles. The summed E-state index contributed by atoms with van der Waals surface area (Å²) in [4.78, 5) is 51.6. The summed E-state index contributed by atoms with van der Waals surface area (Å²) in [5.74, 6) is -3.58. The first-order valence-electron chi connectivity index (χ1n) is 10.2. The molecule has 32 heavy (non-hydrogen) atoms. The van der Waals surface area contributed by atoms with Gasteiger partial charge < -0.3 is 36.9 Å². The van der Waals surface area contributed by atoms with Crippen LogP contribution < -0.4 is 21.7 Å². The molecule has 0 radical (unpaired) electrons. The van der Waals surface area contributed by atoms with Gasteiger partial charge in [-0.2, -0.15) is 0 Å². The molecule has 0 aliphatic carbocycles. The number of nitrogens with two attached hydrogens (primary N) is 1. The van der Waals surface area contributed by atoms with Crippen molar-refractivity contribution in [1.82, 2.24) is 20.9 Å². The molecule has 1 aromatic heterocycles. The summed E-state index contributed by atoms with van der Waals surface area (Å²) >= 11 is 0. The van der Waals surface area contributed by atoms with E-state index in [1.807, 2.05) is 24.3 Å². The highest BCUT2D eigenvalue weighted by molar-refractivity contribution is 5.94. The molecule has 0 bridgehead atoms. The minimum atomic E-state index is -1.21. The van der Waals surface area contributed by atoms with Crippen LogP contribution in [0.2, 0.25) is 0 Å². The molecular formula is C21H29N5O6. The fourth-order valence-electron chi connectivity index (χ4n) is 3.15. The summed E-state index contributed by atoms with van der Waals surface area (Å²) in [6.45, 7) is 2.21.